The lowest BCUT2D eigenvalue weighted by atomic mass is 10.0. The van der Waals surface area contributed by atoms with Gasteiger partial charge in [-0.1, -0.05) is 90.4 Å². The van der Waals surface area contributed by atoms with E-state index < -0.39 is 17.5 Å². The number of benzene rings is 1. The maximum absolute atomic E-state index is 12.1. The van der Waals surface area contributed by atoms with Crippen molar-refractivity contribution in [3.63, 3.8) is 0 Å². The van der Waals surface area contributed by atoms with Gasteiger partial charge >= 0.3 is 11.9 Å². The van der Waals surface area contributed by atoms with E-state index >= 15 is 0 Å². The van der Waals surface area contributed by atoms with E-state index in [0.29, 0.717) is 5.56 Å². The van der Waals surface area contributed by atoms with Crippen LogP contribution in [0.25, 0.3) is 0 Å². The van der Waals surface area contributed by atoms with Gasteiger partial charge < -0.3 is 15.2 Å². The second-order valence-electron chi connectivity index (χ2n) is 9.31. The zero-order chi connectivity index (χ0) is 23.7. The molecule has 0 aliphatic rings. The topological polar surface area (TPSA) is 75.6 Å². The van der Waals surface area contributed by atoms with Crippen LogP contribution in [0.4, 0.5) is 5.69 Å². The molecular formula is C27H45NO4. The van der Waals surface area contributed by atoms with E-state index in [9.17, 15) is 9.59 Å². The van der Waals surface area contributed by atoms with E-state index in [1.165, 1.54) is 97.3 Å². The Balaban J connectivity index is 2.02. The fourth-order valence-electron chi connectivity index (χ4n) is 3.61. The van der Waals surface area contributed by atoms with E-state index in [1.807, 2.05) is 12.1 Å². The largest absolute Gasteiger partial charge is 0.478 e. The second kappa shape index (κ2) is 16.6. The summed E-state index contributed by atoms with van der Waals surface area (Å²) in [5.74, 6) is -1.80. The van der Waals surface area contributed by atoms with Gasteiger partial charge in [-0.15, -0.1) is 0 Å². The summed E-state index contributed by atoms with van der Waals surface area (Å²) in [6, 6.07) is 6.98. The number of aliphatic carboxylic acids is 1. The molecule has 0 fully saturated rings. The lowest BCUT2D eigenvalue weighted by molar-refractivity contribution is -0.155. The van der Waals surface area contributed by atoms with Crippen molar-refractivity contribution in [2.45, 2.75) is 116 Å². The standard InChI is InChI=1S/C27H45NO4/c1-4-5-6-7-8-9-10-11-12-13-14-15-16-17-22-28-24-20-18-23(19-21-24)25(29)32-27(2,3)26(30)31/h18-21,28H,4-17,22H2,1-3H3,(H,30,31). The molecule has 0 spiro atoms. The lowest BCUT2D eigenvalue weighted by Gasteiger charge is -2.19. The van der Waals surface area contributed by atoms with Crippen LogP contribution in [0.2, 0.25) is 0 Å². The van der Waals surface area contributed by atoms with Crippen molar-refractivity contribution in [3.05, 3.63) is 29.8 Å². The molecule has 0 saturated carbocycles. The quantitative estimate of drug-likeness (QED) is 0.169. The summed E-state index contributed by atoms with van der Waals surface area (Å²) in [6.45, 7) is 5.90. The Hall–Kier alpha value is -2.04. The molecule has 0 bridgehead atoms. The monoisotopic (exact) mass is 447 g/mol. The summed E-state index contributed by atoms with van der Waals surface area (Å²) in [6.07, 6.45) is 18.9. The van der Waals surface area contributed by atoms with Crippen LogP contribution in [-0.2, 0) is 9.53 Å². The van der Waals surface area contributed by atoms with Gasteiger partial charge in [-0.05, 0) is 44.5 Å². The molecule has 0 aliphatic carbocycles. The van der Waals surface area contributed by atoms with Gasteiger partial charge in [-0.3, -0.25) is 0 Å². The minimum atomic E-state index is -1.54. The second-order valence-corrected chi connectivity index (χ2v) is 9.31. The maximum atomic E-state index is 12.1. The van der Waals surface area contributed by atoms with Crippen LogP contribution in [0.1, 0.15) is 121 Å². The number of esters is 1. The fourth-order valence-corrected chi connectivity index (χ4v) is 3.61. The van der Waals surface area contributed by atoms with Crippen LogP contribution in [0, 0.1) is 0 Å². The molecule has 5 heteroatoms. The van der Waals surface area contributed by atoms with Crippen LogP contribution >= 0.6 is 0 Å². The van der Waals surface area contributed by atoms with Gasteiger partial charge in [0.15, 0.2) is 0 Å². The Morgan fingerprint density at radius 1 is 0.781 bits per heavy atom. The molecule has 1 aromatic carbocycles. The molecule has 182 valence electrons. The highest BCUT2D eigenvalue weighted by Gasteiger charge is 2.32. The predicted octanol–water partition coefficient (Wildman–Crippen LogP) is 7.60. The predicted molar refractivity (Wildman–Crippen MR) is 132 cm³/mol. The van der Waals surface area contributed by atoms with Crippen LogP contribution < -0.4 is 5.32 Å². The third-order valence-electron chi connectivity index (χ3n) is 5.84. The summed E-state index contributed by atoms with van der Waals surface area (Å²) < 4.78 is 5.06. The number of carbonyl (C=O) groups excluding carboxylic acids is 1. The minimum Gasteiger partial charge on any atom is -0.478 e. The Bertz CT molecular complexity index is 640. The number of hydrogen-bond acceptors (Lipinski definition) is 4. The van der Waals surface area contributed by atoms with Crippen molar-refractivity contribution in [1.29, 1.82) is 0 Å². The molecule has 0 heterocycles. The summed E-state index contributed by atoms with van der Waals surface area (Å²) in [5.41, 5.74) is -0.239. The molecule has 32 heavy (non-hydrogen) atoms. The third kappa shape index (κ3) is 12.7. The van der Waals surface area contributed by atoms with Crippen molar-refractivity contribution in [2.24, 2.45) is 0 Å². The van der Waals surface area contributed by atoms with E-state index in [4.69, 9.17) is 9.84 Å². The van der Waals surface area contributed by atoms with Crippen molar-refractivity contribution in [1.82, 2.24) is 0 Å². The highest BCUT2D eigenvalue weighted by molar-refractivity contribution is 5.92. The van der Waals surface area contributed by atoms with Crippen LogP contribution in [0.3, 0.4) is 0 Å². The van der Waals surface area contributed by atoms with Crippen LogP contribution in [0.15, 0.2) is 24.3 Å². The lowest BCUT2D eigenvalue weighted by Crippen LogP contribution is -2.37. The number of unbranched alkanes of at least 4 members (excludes halogenated alkanes) is 13. The Labute approximate surface area is 195 Å². The van der Waals surface area contributed by atoms with E-state index in [2.05, 4.69) is 12.2 Å². The molecule has 2 N–H and O–H groups in total. The smallest absolute Gasteiger partial charge is 0.347 e. The Morgan fingerprint density at radius 3 is 1.66 bits per heavy atom. The summed E-state index contributed by atoms with van der Waals surface area (Å²) in [4.78, 5) is 23.2. The van der Waals surface area contributed by atoms with E-state index in [-0.39, 0.29) is 0 Å². The first kappa shape index (κ1) is 28.0. The normalized spacial score (nSPS) is 11.3. The molecule has 1 rings (SSSR count). The number of nitrogens with one attached hydrogen (secondary N) is 1. The van der Waals surface area contributed by atoms with Gasteiger partial charge in [0.25, 0.3) is 0 Å². The molecule has 0 unspecified atom stereocenters. The summed E-state index contributed by atoms with van der Waals surface area (Å²) in [5, 5.41) is 12.4. The number of carboxylic acids is 1. The van der Waals surface area contributed by atoms with Crippen molar-refractivity contribution >= 4 is 17.6 Å². The van der Waals surface area contributed by atoms with Crippen molar-refractivity contribution in [2.75, 3.05) is 11.9 Å². The van der Waals surface area contributed by atoms with Gasteiger partial charge in [-0.25, -0.2) is 9.59 Å². The first-order valence-corrected chi connectivity index (χ1v) is 12.7. The molecule has 5 nitrogen and oxygen atoms in total. The molecule has 0 aromatic heterocycles. The Kier molecular flexibility index (Phi) is 14.5. The van der Waals surface area contributed by atoms with Gasteiger partial charge in [-0.2, -0.15) is 0 Å². The van der Waals surface area contributed by atoms with Gasteiger partial charge in [0.2, 0.25) is 5.60 Å². The number of rotatable bonds is 19. The number of ether oxygens (including phenoxy) is 1. The SMILES string of the molecule is CCCCCCCCCCCCCCCCNc1ccc(C(=O)OC(C)(C)C(=O)O)cc1. The number of anilines is 1. The number of carboxylic acid groups (broad SMARTS) is 1. The van der Waals surface area contributed by atoms with Crippen molar-refractivity contribution in [3.8, 4) is 0 Å². The first-order chi connectivity index (χ1) is 15.4. The maximum Gasteiger partial charge on any atom is 0.347 e. The molecule has 0 radical (unpaired) electrons. The number of carbonyl (C=O) groups is 2. The summed E-state index contributed by atoms with van der Waals surface area (Å²) >= 11 is 0. The molecule has 1 aromatic rings. The van der Waals surface area contributed by atoms with Crippen LogP contribution in [-0.4, -0.2) is 29.2 Å². The first-order valence-electron chi connectivity index (χ1n) is 12.7. The molecule has 0 saturated heterocycles. The average Bonchev–Trinajstić information content (AvgIpc) is 2.76. The van der Waals surface area contributed by atoms with E-state index in [0.717, 1.165) is 18.7 Å². The molecule has 0 amide bonds. The van der Waals surface area contributed by atoms with Gasteiger partial charge in [0.05, 0.1) is 5.56 Å². The van der Waals surface area contributed by atoms with Gasteiger partial charge in [0.1, 0.15) is 0 Å². The third-order valence-corrected chi connectivity index (χ3v) is 5.84. The zero-order valence-corrected chi connectivity index (χ0v) is 20.6. The minimum absolute atomic E-state index is 0.348. The molecular weight excluding hydrogens is 402 g/mol. The summed E-state index contributed by atoms with van der Waals surface area (Å²) in [7, 11) is 0. The zero-order valence-electron chi connectivity index (χ0n) is 20.6. The van der Waals surface area contributed by atoms with Crippen LogP contribution in [0.5, 0.6) is 0 Å². The highest BCUT2D eigenvalue weighted by atomic mass is 16.6. The molecule has 0 aliphatic heterocycles. The van der Waals surface area contributed by atoms with Gasteiger partial charge in [0, 0.05) is 12.2 Å². The average molecular weight is 448 g/mol. The Morgan fingerprint density at radius 2 is 1.22 bits per heavy atom. The fraction of sp³-hybridized carbons (Fsp3) is 0.704. The van der Waals surface area contributed by atoms with Crippen molar-refractivity contribution < 1.29 is 19.4 Å². The number of hydrogen-bond donors (Lipinski definition) is 2. The highest BCUT2D eigenvalue weighted by Crippen LogP contribution is 2.16. The van der Waals surface area contributed by atoms with E-state index in [1.54, 1.807) is 12.1 Å². The molecule has 0 atom stereocenters.